The highest BCUT2D eigenvalue weighted by Crippen LogP contribution is 2.32. The SMILES string of the molecule is COc1ccc2cc(C3(C)NC(=O)N(Cc4ccccc4C)C3=O)ccc2c1. The second-order valence-electron chi connectivity index (χ2n) is 7.30. The largest absolute Gasteiger partial charge is 0.497 e. The first-order valence-corrected chi connectivity index (χ1v) is 9.19. The number of nitrogens with one attached hydrogen (secondary N) is 1. The van der Waals surface area contributed by atoms with E-state index < -0.39 is 5.54 Å². The molecule has 0 radical (unpaired) electrons. The molecule has 5 nitrogen and oxygen atoms in total. The number of hydrogen-bond acceptors (Lipinski definition) is 3. The summed E-state index contributed by atoms with van der Waals surface area (Å²) in [4.78, 5) is 27.1. The van der Waals surface area contributed by atoms with Crippen LogP contribution in [0.1, 0.15) is 23.6 Å². The molecule has 1 aliphatic rings. The molecule has 1 saturated heterocycles. The lowest BCUT2D eigenvalue weighted by Gasteiger charge is -2.23. The number of nitrogens with zero attached hydrogens (tertiary/aromatic N) is 1. The normalized spacial score (nSPS) is 19.2. The van der Waals surface area contributed by atoms with Crippen LogP contribution in [0.25, 0.3) is 10.8 Å². The van der Waals surface area contributed by atoms with Gasteiger partial charge in [-0.25, -0.2) is 4.79 Å². The Morgan fingerprint density at radius 3 is 2.46 bits per heavy atom. The van der Waals surface area contributed by atoms with Crippen LogP contribution in [0.15, 0.2) is 60.7 Å². The van der Waals surface area contributed by atoms with Crippen LogP contribution in [0.3, 0.4) is 0 Å². The highest BCUT2D eigenvalue weighted by molar-refractivity contribution is 6.07. The summed E-state index contributed by atoms with van der Waals surface area (Å²) in [7, 11) is 1.63. The Hall–Kier alpha value is -3.34. The van der Waals surface area contributed by atoms with E-state index in [4.69, 9.17) is 4.74 Å². The average molecular weight is 374 g/mol. The Kier molecular flexibility index (Phi) is 4.30. The number of imide groups is 1. The fourth-order valence-corrected chi connectivity index (χ4v) is 3.66. The van der Waals surface area contributed by atoms with E-state index in [1.807, 2.05) is 67.6 Å². The number of amides is 3. The second kappa shape index (κ2) is 6.68. The summed E-state index contributed by atoms with van der Waals surface area (Å²) in [6.45, 7) is 4.00. The van der Waals surface area contributed by atoms with Crippen LogP contribution >= 0.6 is 0 Å². The molecular formula is C23H22N2O3. The van der Waals surface area contributed by atoms with Crippen molar-refractivity contribution in [3.63, 3.8) is 0 Å². The summed E-state index contributed by atoms with van der Waals surface area (Å²) in [5.74, 6) is 0.537. The van der Waals surface area contributed by atoms with Crippen LogP contribution in [-0.2, 0) is 16.9 Å². The maximum absolute atomic E-state index is 13.2. The summed E-state index contributed by atoms with van der Waals surface area (Å²) in [6, 6.07) is 19.0. The molecule has 1 atom stereocenters. The molecule has 3 amide bonds. The number of fused-ring (bicyclic) bond motifs is 1. The fraction of sp³-hybridized carbons (Fsp3) is 0.217. The zero-order valence-electron chi connectivity index (χ0n) is 16.2. The van der Waals surface area contributed by atoms with Crippen molar-refractivity contribution in [2.45, 2.75) is 25.9 Å². The third-order valence-electron chi connectivity index (χ3n) is 5.49. The molecule has 0 aliphatic carbocycles. The lowest BCUT2D eigenvalue weighted by Crippen LogP contribution is -2.40. The van der Waals surface area contributed by atoms with Crippen LogP contribution in [-0.4, -0.2) is 23.9 Å². The molecule has 142 valence electrons. The monoisotopic (exact) mass is 374 g/mol. The Bertz CT molecular complexity index is 1090. The summed E-state index contributed by atoms with van der Waals surface area (Å²) in [5, 5.41) is 4.89. The molecule has 1 N–H and O–H groups in total. The summed E-state index contributed by atoms with van der Waals surface area (Å²) in [5.41, 5.74) is 1.68. The minimum atomic E-state index is -1.09. The Morgan fingerprint density at radius 2 is 1.71 bits per heavy atom. The number of carbonyl (C=O) groups excluding carboxylic acids is 2. The number of methoxy groups -OCH3 is 1. The molecule has 5 heteroatoms. The van der Waals surface area contributed by atoms with Gasteiger partial charge in [-0.15, -0.1) is 0 Å². The van der Waals surface area contributed by atoms with Crippen molar-refractivity contribution in [3.8, 4) is 5.75 Å². The zero-order chi connectivity index (χ0) is 19.9. The van der Waals surface area contributed by atoms with Gasteiger partial charge in [0.1, 0.15) is 11.3 Å². The minimum absolute atomic E-state index is 0.242. The van der Waals surface area contributed by atoms with Crippen LogP contribution in [0.4, 0.5) is 4.79 Å². The molecule has 0 saturated carbocycles. The van der Waals surface area contributed by atoms with E-state index in [2.05, 4.69) is 5.32 Å². The van der Waals surface area contributed by atoms with Crippen molar-refractivity contribution < 1.29 is 14.3 Å². The van der Waals surface area contributed by atoms with E-state index in [-0.39, 0.29) is 18.5 Å². The minimum Gasteiger partial charge on any atom is -0.497 e. The van der Waals surface area contributed by atoms with E-state index in [1.54, 1.807) is 14.0 Å². The van der Waals surface area contributed by atoms with Crippen molar-refractivity contribution in [3.05, 3.63) is 77.4 Å². The van der Waals surface area contributed by atoms with Crippen LogP contribution in [0, 0.1) is 6.92 Å². The average Bonchev–Trinajstić information content (AvgIpc) is 2.92. The van der Waals surface area contributed by atoms with E-state index in [0.29, 0.717) is 0 Å². The van der Waals surface area contributed by atoms with Crippen LogP contribution in [0.2, 0.25) is 0 Å². The van der Waals surface area contributed by atoms with Gasteiger partial charge in [0.25, 0.3) is 5.91 Å². The predicted octanol–water partition coefficient (Wildman–Crippen LogP) is 4.12. The number of ether oxygens (including phenoxy) is 1. The quantitative estimate of drug-likeness (QED) is 0.699. The van der Waals surface area contributed by atoms with Gasteiger partial charge in [-0.2, -0.15) is 0 Å². The highest BCUT2D eigenvalue weighted by Gasteiger charge is 2.49. The summed E-state index contributed by atoms with van der Waals surface area (Å²) < 4.78 is 5.27. The number of carbonyl (C=O) groups is 2. The third kappa shape index (κ3) is 2.89. The lowest BCUT2D eigenvalue weighted by atomic mass is 9.90. The van der Waals surface area contributed by atoms with Crippen molar-refractivity contribution in [2.75, 3.05) is 7.11 Å². The summed E-state index contributed by atoms with van der Waals surface area (Å²) in [6.07, 6.45) is 0. The van der Waals surface area contributed by atoms with Gasteiger partial charge >= 0.3 is 6.03 Å². The van der Waals surface area contributed by atoms with E-state index in [1.165, 1.54) is 4.90 Å². The number of rotatable bonds is 4. The molecule has 3 aromatic rings. The first kappa shape index (κ1) is 18.0. The first-order valence-electron chi connectivity index (χ1n) is 9.19. The van der Waals surface area contributed by atoms with E-state index in [0.717, 1.165) is 33.2 Å². The maximum Gasteiger partial charge on any atom is 0.325 e. The summed E-state index contributed by atoms with van der Waals surface area (Å²) >= 11 is 0. The molecule has 3 aromatic carbocycles. The molecule has 1 heterocycles. The van der Waals surface area contributed by atoms with Gasteiger partial charge in [0, 0.05) is 0 Å². The van der Waals surface area contributed by atoms with Crippen molar-refractivity contribution >= 4 is 22.7 Å². The third-order valence-corrected chi connectivity index (χ3v) is 5.49. The van der Waals surface area contributed by atoms with Gasteiger partial charge in [0.2, 0.25) is 0 Å². The molecule has 0 spiro atoms. The fourth-order valence-electron chi connectivity index (χ4n) is 3.66. The Balaban J connectivity index is 1.68. The smallest absolute Gasteiger partial charge is 0.325 e. The van der Waals surface area contributed by atoms with Gasteiger partial charge in [0.05, 0.1) is 13.7 Å². The van der Waals surface area contributed by atoms with Crippen LogP contribution < -0.4 is 10.1 Å². The molecule has 4 rings (SSSR count). The first-order chi connectivity index (χ1) is 13.4. The highest BCUT2D eigenvalue weighted by atomic mass is 16.5. The molecule has 1 unspecified atom stereocenters. The molecule has 28 heavy (non-hydrogen) atoms. The van der Waals surface area contributed by atoms with Crippen LogP contribution in [0.5, 0.6) is 5.75 Å². The Labute approximate surface area is 163 Å². The number of urea groups is 1. The Morgan fingerprint density at radius 1 is 1.00 bits per heavy atom. The molecule has 0 aromatic heterocycles. The maximum atomic E-state index is 13.2. The van der Waals surface area contributed by atoms with Gasteiger partial charge in [0.15, 0.2) is 0 Å². The van der Waals surface area contributed by atoms with Gasteiger partial charge in [-0.1, -0.05) is 42.5 Å². The van der Waals surface area contributed by atoms with Gasteiger partial charge in [-0.05, 0) is 59.5 Å². The van der Waals surface area contributed by atoms with Gasteiger partial charge in [-0.3, -0.25) is 9.69 Å². The second-order valence-corrected chi connectivity index (χ2v) is 7.30. The predicted molar refractivity (Wildman–Crippen MR) is 108 cm³/mol. The lowest BCUT2D eigenvalue weighted by molar-refractivity contribution is -0.131. The standard InChI is InChI=1S/C23H22N2O3/c1-15-6-4-5-7-18(15)14-25-21(26)23(2,24-22(25)27)19-10-8-17-13-20(28-3)11-9-16(17)12-19/h4-13H,14H2,1-3H3,(H,24,27). The number of benzene rings is 3. The zero-order valence-corrected chi connectivity index (χ0v) is 16.2. The number of hydrogen-bond donors (Lipinski definition) is 1. The van der Waals surface area contributed by atoms with Crippen molar-refractivity contribution in [1.82, 2.24) is 10.2 Å². The van der Waals surface area contributed by atoms with Crippen molar-refractivity contribution in [1.29, 1.82) is 0 Å². The van der Waals surface area contributed by atoms with Gasteiger partial charge < -0.3 is 10.1 Å². The van der Waals surface area contributed by atoms with Crippen molar-refractivity contribution in [2.24, 2.45) is 0 Å². The molecular weight excluding hydrogens is 352 g/mol. The van der Waals surface area contributed by atoms with E-state index >= 15 is 0 Å². The molecule has 1 fully saturated rings. The molecule has 1 aliphatic heterocycles. The van der Waals surface area contributed by atoms with E-state index in [9.17, 15) is 9.59 Å². The topological polar surface area (TPSA) is 58.6 Å². The number of aryl methyl sites for hydroxylation is 1. The molecule has 0 bridgehead atoms.